The molecule has 19 heavy (non-hydrogen) atoms. The summed E-state index contributed by atoms with van der Waals surface area (Å²) in [6.07, 6.45) is 0. The van der Waals surface area contributed by atoms with E-state index in [0.29, 0.717) is 18.7 Å². The van der Waals surface area contributed by atoms with Crippen molar-refractivity contribution in [2.24, 2.45) is 0 Å². The molecule has 4 nitrogen and oxygen atoms in total. The maximum Gasteiger partial charge on any atom is 0.253 e. The van der Waals surface area contributed by atoms with E-state index in [-0.39, 0.29) is 19.1 Å². The number of amides is 1. The molecule has 1 aromatic rings. The smallest absolute Gasteiger partial charge is 0.253 e. The number of nitrogens with zero attached hydrogens (tertiary/aromatic N) is 1. The highest BCUT2D eigenvalue weighted by Gasteiger charge is 2.14. The number of hydrogen-bond acceptors (Lipinski definition) is 3. The van der Waals surface area contributed by atoms with Gasteiger partial charge in [-0.05, 0) is 37.6 Å². The fourth-order valence-electron chi connectivity index (χ4n) is 1.78. The zero-order valence-electron chi connectivity index (χ0n) is 11.3. The van der Waals surface area contributed by atoms with Gasteiger partial charge in [0.2, 0.25) is 0 Å². The van der Waals surface area contributed by atoms with Crippen LogP contribution < -0.4 is 0 Å². The van der Waals surface area contributed by atoms with Gasteiger partial charge in [-0.25, -0.2) is 0 Å². The van der Waals surface area contributed by atoms with Crippen molar-refractivity contribution >= 4 is 5.91 Å². The predicted octanol–water partition coefficient (Wildman–Crippen LogP) is 0.793. The van der Waals surface area contributed by atoms with Gasteiger partial charge in [0.25, 0.3) is 5.91 Å². The number of aliphatic hydroxyl groups excluding tert-OH is 2. The molecular formula is C15H19NO3. The van der Waals surface area contributed by atoms with Gasteiger partial charge in [0, 0.05) is 24.2 Å². The Morgan fingerprint density at radius 1 is 1.37 bits per heavy atom. The summed E-state index contributed by atoms with van der Waals surface area (Å²) in [7, 11) is 0. The quantitative estimate of drug-likeness (QED) is 0.788. The topological polar surface area (TPSA) is 60.8 Å². The lowest BCUT2D eigenvalue weighted by Gasteiger charge is -2.20. The summed E-state index contributed by atoms with van der Waals surface area (Å²) >= 11 is 0. The molecule has 0 atom stereocenters. The molecule has 0 spiro atoms. The number of rotatable bonds is 4. The van der Waals surface area contributed by atoms with Crippen LogP contribution in [0.2, 0.25) is 0 Å². The minimum absolute atomic E-state index is 0.0430. The van der Waals surface area contributed by atoms with Gasteiger partial charge in [-0.1, -0.05) is 11.8 Å². The van der Waals surface area contributed by atoms with Crippen molar-refractivity contribution in [1.82, 2.24) is 4.90 Å². The minimum Gasteiger partial charge on any atom is -0.395 e. The molecule has 0 aliphatic rings. The van der Waals surface area contributed by atoms with Gasteiger partial charge in [-0.3, -0.25) is 4.79 Å². The van der Waals surface area contributed by atoms with Crippen molar-refractivity contribution in [3.63, 3.8) is 0 Å². The molecule has 0 aliphatic heterocycles. The van der Waals surface area contributed by atoms with Crippen LogP contribution in [0.5, 0.6) is 0 Å². The van der Waals surface area contributed by atoms with E-state index < -0.39 is 0 Å². The number of hydrogen-bond donors (Lipinski definition) is 2. The van der Waals surface area contributed by atoms with E-state index >= 15 is 0 Å². The zero-order valence-corrected chi connectivity index (χ0v) is 11.3. The highest BCUT2D eigenvalue weighted by molar-refractivity contribution is 5.94. The maximum atomic E-state index is 12.2. The van der Waals surface area contributed by atoms with Gasteiger partial charge in [0.1, 0.15) is 6.61 Å². The molecule has 0 aliphatic carbocycles. The van der Waals surface area contributed by atoms with E-state index in [1.54, 1.807) is 23.1 Å². The van der Waals surface area contributed by atoms with E-state index in [1.165, 1.54) is 0 Å². The third-order valence-electron chi connectivity index (χ3n) is 2.81. The number of aryl methyl sites for hydroxylation is 1. The third-order valence-corrected chi connectivity index (χ3v) is 2.81. The lowest BCUT2D eigenvalue weighted by Crippen LogP contribution is -2.33. The Balaban J connectivity index is 2.96. The molecule has 0 radical (unpaired) electrons. The van der Waals surface area contributed by atoms with Gasteiger partial charge in [0.15, 0.2) is 0 Å². The molecule has 1 rings (SSSR count). The van der Waals surface area contributed by atoms with E-state index in [9.17, 15) is 4.79 Å². The monoisotopic (exact) mass is 261 g/mol. The van der Waals surface area contributed by atoms with Crippen molar-refractivity contribution in [2.45, 2.75) is 13.8 Å². The Morgan fingerprint density at radius 2 is 2.11 bits per heavy atom. The Labute approximate surface area is 113 Å². The largest absolute Gasteiger partial charge is 0.395 e. The van der Waals surface area contributed by atoms with E-state index in [1.807, 2.05) is 13.8 Å². The molecule has 0 heterocycles. The average Bonchev–Trinajstić information content (AvgIpc) is 2.42. The van der Waals surface area contributed by atoms with Gasteiger partial charge in [-0.15, -0.1) is 0 Å². The van der Waals surface area contributed by atoms with Gasteiger partial charge < -0.3 is 15.1 Å². The van der Waals surface area contributed by atoms with Gasteiger partial charge >= 0.3 is 0 Å². The molecule has 1 aromatic carbocycles. The minimum atomic E-state index is -0.180. The van der Waals surface area contributed by atoms with Crippen molar-refractivity contribution < 1.29 is 15.0 Å². The molecule has 0 fully saturated rings. The van der Waals surface area contributed by atoms with Crippen molar-refractivity contribution in [3.8, 4) is 11.8 Å². The maximum absolute atomic E-state index is 12.2. The van der Waals surface area contributed by atoms with Crippen LogP contribution in [-0.4, -0.2) is 47.3 Å². The average molecular weight is 261 g/mol. The van der Waals surface area contributed by atoms with Crippen molar-refractivity contribution in [1.29, 1.82) is 0 Å². The number of aliphatic hydroxyl groups is 2. The molecule has 4 heteroatoms. The van der Waals surface area contributed by atoms with Crippen LogP contribution in [0.25, 0.3) is 0 Å². The lowest BCUT2D eigenvalue weighted by molar-refractivity contribution is 0.0732. The second kappa shape index (κ2) is 7.57. The first-order valence-corrected chi connectivity index (χ1v) is 6.24. The van der Waals surface area contributed by atoms with E-state index in [4.69, 9.17) is 10.2 Å². The number of carbonyl (C=O) groups is 1. The normalized spacial score (nSPS) is 9.68. The fourth-order valence-corrected chi connectivity index (χ4v) is 1.78. The molecule has 0 saturated carbocycles. The Hall–Kier alpha value is -1.83. The summed E-state index contributed by atoms with van der Waals surface area (Å²) in [6.45, 7) is 4.42. The predicted molar refractivity (Wildman–Crippen MR) is 73.8 cm³/mol. The highest BCUT2D eigenvalue weighted by atomic mass is 16.3. The van der Waals surface area contributed by atoms with Crippen LogP contribution >= 0.6 is 0 Å². The summed E-state index contributed by atoms with van der Waals surface area (Å²) in [4.78, 5) is 13.8. The highest BCUT2D eigenvalue weighted by Crippen LogP contribution is 2.12. The number of likely N-dealkylation sites (N-methyl/N-ethyl adjacent to an activating group) is 1. The molecule has 2 N–H and O–H groups in total. The van der Waals surface area contributed by atoms with Gasteiger partial charge in [-0.2, -0.15) is 0 Å². The van der Waals surface area contributed by atoms with Crippen LogP contribution in [0.1, 0.15) is 28.4 Å². The SMILES string of the molecule is CCN(CCO)C(=O)c1ccc(C#CCO)c(C)c1. The van der Waals surface area contributed by atoms with Gasteiger partial charge in [0.05, 0.1) is 6.61 Å². The van der Waals surface area contributed by atoms with E-state index in [0.717, 1.165) is 11.1 Å². The van der Waals surface area contributed by atoms with Crippen molar-refractivity contribution in [3.05, 3.63) is 34.9 Å². The fraction of sp³-hybridized carbons (Fsp3) is 0.400. The summed E-state index contributed by atoms with van der Waals surface area (Å²) < 4.78 is 0. The van der Waals surface area contributed by atoms with Crippen LogP contribution in [0.3, 0.4) is 0 Å². The Morgan fingerprint density at radius 3 is 2.63 bits per heavy atom. The summed E-state index contributed by atoms with van der Waals surface area (Å²) in [5.41, 5.74) is 2.28. The first-order valence-electron chi connectivity index (χ1n) is 6.24. The molecule has 0 bridgehead atoms. The Bertz CT molecular complexity index is 500. The molecule has 0 saturated heterocycles. The molecular weight excluding hydrogens is 242 g/mol. The number of carbonyl (C=O) groups excluding carboxylic acids is 1. The zero-order chi connectivity index (χ0) is 14.3. The standard InChI is InChI=1S/C15H19NO3/c1-3-16(8-10-18)15(19)14-7-6-13(5-4-9-17)12(2)11-14/h6-7,11,17-18H,3,8-10H2,1-2H3. The van der Waals surface area contributed by atoms with Crippen LogP contribution in [0.4, 0.5) is 0 Å². The third kappa shape index (κ3) is 4.09. The van der Waals surface area contributed by atoms with E-state index in [2.05, 4.69) is 11.8 Å². The summed E-state index contributed by atoms with van der Waals surface area (Å²) in [5, 5.41) is 17.6. The second-order valence-electron chi connectivity index (χ2n) is 4.10. The molecule has 1 amide bonds. The first kappa shape index (κ1) is 15.2. The Kier molecular flexibility index (Phi) is 6.07. The summed E-state index contributed by atoms with van der Waals surface area (Å²) in [6, 6.07) is 5.28. The van der Waals surface area contributed by atoms with Crippen LogP contribution in [-0.2, 0) is 0 Å². The molecule has 0 aromatic heterocycles. The lowest BCUT2D eigenvalue weighted by atomic mass is 10.0. The number of benzene rings is 1. The second-order valence-corrected chi connectivity index (χ2v) is 4.10. The molecule has 102 valence electrons. The van der Waals surface area contributed by atoms with Crippen LogP contribution in [0.15, 0.2) is 18.2 Å². The van der Waals surface area contributed by atoms with Crippen LogP contribution in [0, 0.1) is 18.8 Å². The first-order chi connectivity index (χ1) is 9.13. The molecule has 0 unspecified atom stereocenters. The summed E-state index contributed by atoms with van der Waals surface area (Å²) in [5.74, 6) is 5.32. The van der Waals surface area contributed by atoms with Crippen molar-refractivity contribution in [2.75, 3.05) is 26.3 Å².